The van der Waals surface area contributed by atoms with Crippen molar-refractivity contribution >= 4 is 38.8 Å². The number of rotatable bonds is 7. The molecule has 190 valence electrons. The van der Waals surface area contributed by atoms with Crippen LogP contribution in [0.15, 0.2) is 46.3 Å². The Bertz CT molecular complexity index is 1480. The molecule has 0 bridgehead atoms. The van der Waals surface area contributed by atoms with E-state index in [-0.39, 0.29) is 21.7 Å². The molecule has 3 aromatic rings. The van der Waals surface area contributed by atoms with Crippen LogP contribution in [-0.4, -0.2) is 26.9 Å². The highest BCUT2D eigenvalue weighted by Gasteiger charge is 2.37. The van der Waals surface area contributed by atoms with Crippen LogP contribution in [0.1, 0.15) is 51.4 Å². The van der Waals surface area contributed by atoms with Gasteiger partial charge in [-0.3, -0.25) is 4.79 Å². The number of hydrogen-bond acceptors (Lipinski definition) is 5. The molecule has 0 aliphatic heterocycles. The van der Waals surface area contributed by atoms with Crippen LogP contribution in [0.2, 0.25) is 10.2 Å². The number of aryl methyl sites for hydroxylation is 1. The van der Waals surface area contributed by atoms with E-state index in [1.54, 1.807) is 13.0 Å². The summed E-state index contributed by atoms with van der Waals surface area (Å²) in [5.74, 6) is -5.51. The van der Waals surface area contributed by atoms with Crippen molar-refractivity contribution in [2.24, 2.45) is 0 Å². The first kappa shape index (κ1) is 26.4. The van der Waals surface area contributed by atoms with Gasteiger partial charge in [-0.05, 0) is 55.9 Å². The van der Waals surface area contributed by atoms with Gasteiger partial charge < -0.3 is 5.32 Å². The molecule has 1 aliphatic carbocycles. The molecule has 12 heteroatoms. The van der Waals surface area contributed by atoms with Gasteiger partial charge in [-0.15, -0.1) is 10.2 Å². The SMILES string of the molecule is Cc1ccc(C(F)(F)CNC(=O)c2c(S(=N)(=O)c3cccc(C4CC4)c3F)nnc(Cl)c2C)c(Cl)c1. The fourth-order valence-electron chi connectivity index (χ4n) is 3.80. The third-order valence-electron chi connectivity index (χ3n) is 5.94. The largest absolute Gasteiger partial charge is 0.346 e. The minimum absolute atomic E-state index is 0.0308. The summed E-state index contributed by atoms with van der Waals surface area (Å²) >= 11 is 12.0. The molecular weight excluding hydrogens is 536 g/mol. The Kier molecular flexibility index (Phi) is 7.07. The first-order valence-corrected chi connectivity index (χ1v) is 13.2. The lowest BCUT2D eigenvalue weighted by Gasteiger charge is -2.20. The maximum absolute atomic E-state index is 15.2. The second kappa shape index (κ2) is 9.64. The molecule has 1 aliphatic rings. The molecule has 6 nitrogen and oxygen atoms in total. The number of halogens is 5. The van der Waals surface area contributed by atoms with Gasteiger partial charge in [0.25, 0.3) is 11.8 Å². The first-order valence-electron chi connectivity index (χ1n) is 10.9. The molecule has 1 fully saturated rings. The van der Waals surface area contributed by atoms with Crippen molar-refractivity contribution in [1.29, 1.82) is 4.78 Å². The highest BCUT2D eigenvalue weighted by molar-refractivity contribution is 7.92. The number of alkyl halides is 2. The number of aromatic nitrogens is 2. The maximum Gasteiger partial charge on any atom is 0.291 e. The van der Waals surface area contributed by atoms with Gasteiger partial charge in [0.1, 0.15) is 15.5 Å². The molecule has 2 aromatic carbocycles. The van der Waals surface area contributed by atoms with Gasteiger partial charge in [0.2, 0.25) is 0 Å². The van der Waals surface area contributed by atoms with Gasteiger partial charge in [-0.1, -0.05) is 47.5 Å². The smallest absolute Gasteiger partial charge is 0.291 e. The van der Waals surface area contributed by atoms with E-state index in [0.29, 0.717) is 11.1 Å². The minimum atomic E-state index is -4.21. The maximum atomic E-state index is 15.2. The Morgan fingerprint density at radius 2 is 1.89 bits per heavy atom. The number of nitrogens with one attached hydrogen (secondary N) is 2. The van der Waals surface area contributed by atoms with Crippen molar-refractivity contribution in [2.45, 2.75) is 48.5 Å². The summed E-state index contributed by atoms with van der Waals surface area (Å²) in [6, 6.07) is 8.21. The number of carbonyl (C=O) groups excluding carboxylic acids is 1. The zero-order chi connectivity index (χ0) is 26.4. The average Bonchev–Trinajstić information content (AvgIpc) is 3.64. The van der Waals surface area contributed by atoms with Crippen molar-refractivity contribution in [3.63, 3.8) is 0 Å². The average molecular weight is 557 g/mol. The van der Waals surface area contributed by atoms with Crippen molar-refractivity contribution in [3.8, 4) is 0 Å². The molecule has 1 heterocycles. The van der Waals surface area contributed by atoms with E-state index in [1.807, 2.05) is 0 Å². The predicted octanol–water partition coefficient (Wildman–Crippen LogP) is 6.40. The second-order valence-corrected chi connectivity index (χ2v) is 11.4. The van der Waals surface area contributed by atoms with Crippen LogP contribution in [-0.2, 0) is 15.7 Å². The van der Waals surface area contributed by atoms with E-state index < -0.39 is 55.0 Å². The van der Waals surface area contributed by atoms with E-state index in [2.05, 4.69) is 15.5 Å². The highest BCUT2D eigenvalue weighted by Crippen LogP contribution is 2.43. The highest BCUT2D eigenvalue weighted by atomic mass is 35.5. The molecule has 2 N–H and O–H groups in total. The number of carbonyl (C=O) groups is 1. The van der Waals surface area contributed by atoms with Crippen LogP contribution in [0.5, 0.6) is 0 Å². The van der Waals surface area contributed by atoms with E-state index in [4.69, 9.17) is 28.0 Å². The van der Waals surface area contributed by atoms with Gasteiger partial charge in [-0.2, -0.15) is 8.78 Å². The molecule has 1 atom stereocenters. The molecule has 0 spiro atoms. The summed E-state index contributed by atoms with van der Waals surface area (Å²) in [6.45, 7) is 1.89. The fraction of sp³-hybridized carbons (Fsp3) is 0.292. The van der Waals surface area contributed by atoms with Crippen LogP contribution in [0.3, 0.4) is 0 Å². The molecule has 1 aromatic heterocycles. The van der Waals surface area contributed by atoms with Gasteiger partial charge in [0.05, 0.1) is 22.0 Å². The van der Waals surface area contributed by atoms with E-state index in [9.17, 15) is 17.8 Å². The number of hydrogen-bond donors (Lipinski definition) is 2. The van der Waals surface area contributed by atoms with Crippen LogP contribution in [0.4, 0.5) is 13.2 Å². The Morgan fingerprint density at radius 3 is 2.53 bits per heavy atom. The summed E-state index contributed by atoms with van der Waals surface area (Å²) in [5.41, 5.74) is 0.0176. The minimum Gasteiger partial charge on any atom is -0.346 e. The molecule has 0 saturated heterocycles. The first-order chi connectivity index (χ1) is 16.8. The lowest BCUT2D eigenvalue weighted by molar-refractivity contribution is -0.00242. The van der Waals surface area contributed by atoms with Crippen molar-refractivity contribution in [3.05, 3.63) is 80.2 Å². The molecule has 1 unspecified atom stereocenters. The van der Waals surface area contributed by atoms with Crippen LogP contribution in [0.25, 0.3) is 0 Å². The fourth-order valence-corrected chi connectivity index (χ4v) is 5.85. The van der Waals surface area contributed by atoms with Crippen molar-refractivity contribution in [1.82, 2.24) is 15.5 Å². The monoisotopic (exact) mass is 556 g/mol. The van der Waals surface area contributed by atoms with Crippen LogP contribution < -0.4 is 5.32 Å². The summed E-state index contributed by atoms with van der Waals surface area (Å²) in [5, 5.41) is 8.33. The summed E-state index contributed by atoms with van der Waals surface area (Å²) in [7, 11) is -4.21. The Morgan fingerprint density at radius 1 is 1.19 bits per heavy atom. The Labute approximate surface area is 216 Å². The van der Waals surface area contributed by atoms with Crippen LogP contribution >= 0.6 is 23.2 Å². The van der Waals surface area contributed by atoms with Gasteiger partial charge in [0.15, 0.2) is 10.2 Å². The standard InChI is InChI=1S/C24H21Cl2F3N4O2S/c1-12-6-9-16(17(25)10-12)24(28,29)11-31-22(34)19-13(2)21(26)32-33-23(19)36(30,35)18-5-3-4-15(20(18)27)14-7-8-14/h3-6,9-10,14,30H,7-8,11H2,1-2H3,(H,31,34). The Balaban J connectivity index is 1.71. The molecule has 36 heavy (non-hydrogen) atoms. The molecule has 4 rings (SSSR count). The lowest BCUT2D eigenvalue weighted by atomic mass is 10.1. The topological polar surface area (TPSA) is 95.8 Å². The van der Waals surface area contributed by atoms with Crippen LogP contribution in [0, 0.1) is 24.4 Å². The zero-order valence-electron chi connectivity index (χ0n) is 19.2. The van der Waals surface area contributed by atoms with Gasteiger partial charge in [-0.25, -0.2) is 13.4 Å². The van der Waals surface area contributed by atoms with Crippen molar-refractivity contribution < 1.29 is 22.2 Å². The number of nitrogens with zero attached hydrogens (tertiary/aromatic N) is 2. The van der Waals surface area contributed by atoms with E-state index in [1.165, 1.54) is 31.2 Å². The van der Waals surface area contributed by atoms with E-state index in [0.717, 1.165) is 18.9 Å². The van der Waals surface area contributed by atoms with E-state index >= 15 is 4.39 Å². The summed E-state index contributed by atoms with van der Waals surface area (Å²) in [6.07, 6.45) is 1.54. The molecular formula is C24H21Cl2F3N4O2S. The quantitative estimate of drug-likeness (QED) is 0.351. The van der Waals surface area contributed by atoms with Crippen molar-refractivity contribution in [2.75, 3.05) is 6.54 Å². The summed E-state index contributed by atoms with van der Waals surface area (Å²) in [4.78, 5) is 12.6. The number of benzene rings is 2. The summed E-state index contributed by atoms with van der Waals surface area (Å²) < 4.78 is 67.2. The second-order valence-electron chi connectivity index (χ2n) is 8.66. The zero-order valence-corrected chi connectivity index (χ0v) is 21.5. The van der Waals surface area contributed by atoms with Gasteiger partial charge in [0, 0.05) is 11.1 Å². The number of amides is 1. The molecule has 0 radical (unpaired) electrons. The molecule has 1 amide bonds. The lowest BCUT2D eigenvalue weighted by Crippen LogP contribution is -2.36. The predicted molar refractivity (Wildman–Crippen MR) is 130 cm³/mol. The van der Waals surface area contributed by atoms with Gasteiger partial charge >= 0.3 is 0 Å². The third-order valence-corrected chi connectivity index (χ3v) is 8.37. The normalized spacial score (nSPS) is 15.4. The Hall–Kier alpha value is -2.69. The third kappa shape index (κ3) is 4.94. The molecule has 1 saturated carbocycles.